The molecule has 2 aromatic rings. The standard InChI is InChI=1S/C14H12Cl2N2O2/c15-10-3-4-12(11(16)6-10)18-7-9(8-19)14(17-18)13-2-1-5-20-13/h3-4,6-8,13H,1-2,5H2. The predicted molar refractivity (Wildman–Crippen MR) is 76.9 cm³/mol. The Labute approximate surface area is 126 Å². The van der Waals surface area contributed by atoms with Crippen LogP contribution in [-0.4, -0.2) is 22.7 Å². The van der Waals surface area contributed by atoms with Crippen LogP contribution in [0, 0.1) is 0 Å². The molecule has 1 unspecified atom stereocenters. The fourth-order valence-electron chi connectivity index (χ4n) is 2.33. The van der Waals surface area contributed by atoms with Crippen molar-refractivity contribution in [3.05, 3.63) is 45.7 Å². The highest BCUT2D eigenvalue weighted by atomic mass is 35.5. The van der Waals surface area contributed by atoms with E-state index in [1.807, 2.05) is 0 Å². The van der Waals surface area contributed by atoms with Gasteiger partial charge in [-0.1, -0.05) is 23.2 Å². The Morgan fingerprint density at radius 2 is 2.25 bits per heavy atom. The number of hydrogen-bond acceptors (Lipinski definition) is 3. The molecular formula is C14H12Cl2N2O2. The first kappa shape index (κ1) is 13.6. The minimum absolute atomic E-state index is 0.109. The molecule has 0 N–H and O–H groups in total. The van der Waals surface area contributed by atoms with Gasteiger partial charge in [-0.3, -0.25) is 4.79 Å². The van der Waals surface area contributed by atoms with E-state index in [0.29, 0.717) is 33.6 Å². The third-order valence-corrected chi connectivity index (χ3v) is 3.83. The molecule has 0 aliphatic carbocycles. The van der Waals surface area contributed by atoms with Crippen molar-refractivity contribution in [2.24, 2.45) is 0 Å². The lowest BCUT2D eigenvalue weighted by atomic mass is 10.1. The van der Waals surface area contributed by atoms with Crippen LogP contribution in [0.15, 0.2) is 24.4 Å². The van der Waals surface area contributed by atoms with Crippen LogP contribution in [0.1, 0.15) is 35.0 Å². The van der Waals surface area contributed by atoms with E-state index < -0.39 is 0 Å². The van der Waals surface area contributed by atoms with Crippen LogP contribution in [0.2, 0.25) is 10.0 Å². The van der Waals surface area contributed by atoms with Gasteiger partial charge in [0.2, 0.25) is 0 Å². The molecule has 20 heavy (non-hydrogen) atoms. The number of benzene rings is 1. The second-order valence-electron chi connectivity index (χ2n) is 4.63. The van der Waals surface area contributed by atoms with Gasteiger partial charge >= 0.3 is 0 Å². The summed E-state index contributed by atoms with van der Waals surface area (Å²) in [4.78, 5) is 11.2. The monoisotopic (exact) mass is 310 g/mol. The summed E-state index contributed by atoms with van der Waals surface area (Å²) >= 11 is 12.0. The molecule has 1 aliphatic heterocycles. The maximum Gasteiger partial charge on any atom is 0.153 e. The topological polar surface area (TPSA) is 44.1 Å². The van der Waals surface area contributed by atoms with E-state index in [9.17, 15) is 4.79 Å². The number of carbonyl (C=O) groups is 1. The summed E-state index contributed by atoms with van der Waals surface area (Å²) in [5, 5.41) is 5.50. The van der Waals surface area contributed by atoms with Crippen LogP contribution >= 0.6 is 23.2 Å². The van der Waals surface area contributed by atoms with Crippen LogP contribution in [0.5, 0.6) is 0 Å². The van der Waals surface area contributed by atoms with Gasteiger partial charge in [-0.05, 0) is 31.0 Å². The Kier molecular flexibility index (Phi) is 3.78. The first-order valence-corrected chi connectivity index (χ1v) is 7.06. The number of rotatable bonds is 3. The number of carbonyl (C=O) groups excluding carboxylic acids is 1. The van der Waals surface area contributed by atoms with E-state index in [-0.39, 0.29) is 6.10 Å². The van der Waals surface area contributed by atoms with E-state index in [1.165, 1.54) is 0 Å². The van der Waals surface area contributed by atoms with Crippen LogP contribution in [0.3, 0.4) is 0 Å². The summed E-state index contributed by atoms with van der Waals surface area (Å²) < 4.78 is 7.19. The number of hydrogen-bond donors (Lipinski definition) is 0. The fourth-order valence-corrected chi connectivity index (χ4v) is 2.82. The highest BCUT2D eigenvalue weighted by molar-refractivity contribution is 6.35. The van der Waals surface area contributed by atoms with Gasteiger partial charge in [0, 0.05) is 17.8 Å². The first-order chi connectivity index (χ1) is 9.69. The molecule has 3 rings (SSSR count). The van der Waals surface area contributed by atoms with Crippen LogP contribution in [0.25, 0.3) is 5.69 Å². The molecule has 1 atom stereocenters. The number of halogens is 2. The molecule has 1 aliphatic rings. The number of aldehydes is 1. The Morgan fingerprint density at radius 1 is 1.40 bits per heavy atom. The van der Waals surface area contributed by atoms with Crippen LogP contribution in [-0.2, 0) is 4.74 Å². The normalized spacial score (nSPS) is 18.4. The van der Waals surface area contributed by atoms with Gasteiger partial charge in [-0.2, -0.15) is 5.10 Å². The van der Waals surface area contributed by atoms with Gasteiger partial charge in [0.05, 0.1) is 16.3 Å². The third-order valence-electron chi connectivity index (χ3n) is 3.29. The SMILES string of the molecule is O=Cc1cn(-c2ccc(Cl)cc2Cl)nc1C1CCCO1. The summed E-state index contributed by atoms with van der Waals surface area (Å²) in [6.45, 7) is 0.706. The van der Waals surface area contributed by atoms with E-state index in [1.54, 1.807) is 29.1 Å². The molecule has 0 bridgehead atoms. The van der Waals surface area contributed by atoms with Gasteiger partial charge in [-0.15, -0.1) is 0 Å². The van der Waals surface area contributed by atoms with Crippen molar-refractivity contribution in [2.75, 3.05) is 6.61 Å². The maximum atomic E-state index is 11.2. The Hall–Kier alpha value is -1.36. The Balaban J connectivity index is 2.04. The molecule has 1 fully saturated rings. The van der Waals surface area contributed by atoms with Crippen molar-refractivity contribution in [1.29, 1.82) is 0 Å². The second kappa shape index (κ2) is 5.56. The number of ether oxygens (including phenoxy) is 1. The van der Waals surface area contributed by atoms with Gasteiger partial charge in [0.15, 0.2) is 6.29 Å². The van der Waals surface area contributed by atoms with Gasteiger partial charge in [-0.25, -0.2) is 4.68 Å². The van der Waals surface area contributed by atoms with Gasteiger partial charge in [0.25, 0.3) is 0 Å². The molecule has 1 saturated heterocycles. The third kappa shape index (κ3) is 2.46. The summed E-state index contributed by atoms with van der Waals surface area (Å²) in [6.07, 6.45) is 4.22. The zero-order valence-corrected chi connectivity index (χ0v) is 12.1. The lowest BCUT2D eigenvalue weighted by Crippen LogP contribution is -2.02. The zero-order chi connectivity index (χ0) is 14.1. The van der Waals surface area contributed by atoms with E-state index in [4.69, 9.17) is 27.9 Å². The lowest BCUT2D eigenvalue weighted by Gasteiger charge is -2.07. The van der Waals surface area contributed by atoms with Crippen molar-refractivity contribution in [1.82, 2.24) is 9.78 Å². The van der Waals surface area contributed by atoms with Crippen LogP contribution < -0.4 is 0 Å². The van der Waals surface area contributed by atoms with Crippen LogP contribution in [0.4, 0.5) is 0 Å². The molecule has 0 amide bonds. The quantitative estimate of drug-likeness (QED) is 0.809. The minimum atomic E-state index is -0.109. The summed E-state index contributed by atoms with van der Waals surface area (Å²) in [7, 11) is 0. The van der Waals surface area contributed by atoms with E-state index in [2.05, 4.69) is 5.10 Å². The Morgan fingerprint density at radius 3 is 2.90 bits per heavy atom. The maximum absolute atomic E-state index is 11.2. The van der Waals surface area contributed by atoms with Crippen molar-refractivity contribution < 1.29 is 9.53 Å². The zero-order valence-electron chi connectivity index (χ0n) is 10.6. The summed E-state index contributed by atoms with van der Waals surface area (Å²) in [5.74, 6) is 0. The summed E-state index contributed by atoms with van der Waals surface area (Å²) in [6, 6.07) is 5.15. The predicted octanol–water partition coefficient (Wildman–Crippen LogP) is 3.84. The molecule has 0 saturated carbocycles. The second-order valence-corrected chi connectivity index (χ2v) is 5.47. The number of aromatic nitrogens is 2. The highest BCUT2D eigenvalue weighted by Gasteiger charge is 2.24. The van der Waals surface area contributed by atoms with E-state index >= 15 is 0 Å². The largest absolute Gasteiger partial charge is 0.372 e. The Bertz CT molecular complexity index is 649. The molecule has 104 valence electrons. The number of nitrogens with zero attached hydrogens (tertiary/aromatic N) is 2. The van der Waals surface area contributed by atoms with Gasteiger partial charge in [0.1, 0.15) is 11.8 Å². The molecule has 1 aromatic heterocycles. The average Bonchev–Trinajstić information content (AvgIpc) is 3.07. The smallest absolute Gasteiger partial charge is 0.153 e. The molecular weight excluding hydrogens is 299 g/mol. The summed E-state index contributed by atoms with van der Waals surface area (Å²) in [5.41, 5.74) is 1.88. The molecule has 1 aromatic carbocycles. The molecule has 2 heterocycles. The van der Waals surface area contributed by atoms with Crippen molar-refractivity contribution in [3.63, 3.8) is 0 Å². The van der Waals surface area contributed by atoms with Crippen molar-refractivity contribution in [2.45, 2.75) is 18.9 Å². The average molecular weight is 311 g/mol. The first-order valence-electron chi connectivity index (χ1n) is 6.31. The van der Waals surface area contributed by atoms with E-state index in [0.717, 1.165) is 19.1 Å². The van der Waals surface area contributed by atoms with Crippen molar-refractivity contribution >= 4 is 29.5 Å². The molecule has 0 radical (unpaired) electrons. The fraction of sp³-hybridized carbons (Fsp3) is 0.286. The minimum Gasteiger partial charge on any atom is -0.372 e. The van der Waals surface area contributed by atoms with Gasteiger partial charge < -0.3 is 4.74 Å². The highest BCUT2D eigenvalue weighted by Crippen LogP contribution is 2.31. The van der Waals surface area contributed by atoms with Crippen molar-refractivity contribution in [3.8, 4) is 5.69 Å². The molecule has 6 heteroatoms. The lowest BCUT2D eigenvalue weighted by molar-refractivity contribution is 0.104. The molecule has 0 spiro atoms. The molecule has 4 nitrogen and oxygen atoms in total.